The highest BCUT2D eigenvalue weighted by Crippen LogP contribution is 2.48. The van der Waals surface area contributed by atoms with Gasteiger partial charge in [0, 0.05) is 0 Å². The molecule has 0 aromatic heterocycles. The van der Waals surface area contributed by atoms with E-state index in [0.29, 0.717) is 19.3 Å². The number of carboxylic acid groups (broad SMARTS) is 1. The molecule has 0 spiro atoms. The van der Waals surface area contributed by atoms with Gasteiger partial charge in [-0.2, -0.15) is 0 Å². The maximum absolute atomic E-state index is 13.0. The molecule has 0 radical (unpaired) electrons. The third kappa shape index (κ3) is 1.87. The third-order valence-electron chi connectivity index (χ3n) is 3.15. The van der Waals surface area contributed by atoms with Crippen LogP contribution in [0.1, 0.15) is 24.0 Å². The first-order valence-corrected chi connectivity index (χ1v) is 5.02. The quantitative estimate of drug-likeness (QED) is 0.828. The fraction of sp³-hybridized carbons (Fsp3) is 0.417. The SMILES string of the molecule is Cc1ccc(F)cc1CC1(C(=O)O)CC1. The van der Waals surface area contributed by atoms with Gasteiger partial charge in [-0.1, -0.05) is 6.07 Å². The highest BCUT2D eigenvalue weighted by Gasteiger charge is 2.50. The van der Waals surface area contributed by atoms with Crippen molar-refractivity contribution in [3.63, 3.8) is 0 Å². The normalized spacial score (nSPS) is 17.5. The van der Waals surface area contributed by atoms with E-state index >= 15 is 0 Å². The molecule has 0 amide bonds. The Balaban J connectivity index is 2.24. The lowest BCUT2D eigenvalue weighted by molar-refractivity contribution is -0.143. The van der Waals surface area contributed by atoms with Gasteiger partial charge < -0.3 is 5.11 Å². The van der Waals surface area contributed by atoms with Crippen molar-refractivity contribution < 1.29 is 14.3 Å². The average molecular weight is 208 g/mol. The first-order chi connectivity index (χ1) is 7.03. The summed E-state index contributed by atoms with van der Waals surface area (Å²) in [4.78, 5) is 11.0. The van der Waals surface area contributed by atoms with Gasteiger partial charge in [0.25, 0.3) is 0 Å². The Kier molecular flexibility index (Phi) is 2.25. The summed E-state index contributed by atoms with van der Waals surface area (Å²) >= 11 is 0. The van der Waals surface area contributed by atoms with Crippen molar-refractivity contribution >= 4 is 5.97 Å². The van der Waals surface area contributed by atoms with Crippen LogP contribution in [-0.2, 0) is 11.2 Å². The molecular weight excluding hydrogens is 195 g/mol. The van der Waals surface area contributed by atoms with Crippen LogP contribution >= 0.6 is 0 Å². The zero-order valence-electron chi connectivity index (χ0n) is 8.59. The van der Waals surface area contributed by atoms with E-state index in [9.17, 15) is 9.18 Å². The van der Waals surface area contributed by atoms with E-state index in [1.807, 2.05) is 6.92 Å². The molecule has 1 saturated carbocycles. The predicted octanol–water partition coefficient (Wildman–Crippen LogP) is 2.54. The minimum atomic E-state index is -0.758. The minimum Gasteiger partial charge on any atom is -0.481 e. The Bertz CT molecular complexity index is 408. The van der Waals surface area contributed by atoms with E-state index in [-0.39, 0.29) is 5.82 Å². The van der Waals surface area contributed by atoms with Gasteiger partial charge in [-0.3, -0.25) is 4.79 Å². The molecule has 15 heavy (non-hydrogen) atoms. The molecule has 0 aliphatic heterocycles. The van der Waals surface area contributed by atoms with Gasteiger partial charge in [0.15, 0.2) is 0 Å². The van der Waals surface area contributed by atoms with Gasteiger partial charge in [-0.15, -0.1) is 0 Å². The molecule has 1 fully saturated rings. The van der Waals surface area contributed by atoms with Crippen LogP contribution in [0.4, 0.5) is 4.39 Å². The van der Waals surface area contributed by atoms with Crippen molar-refractivity contribution in [3.05, 3.63) is 35.1 Å². The van der Waals surface area contributed by atoms with Gasteiger partial charge in [0.05, 0.1) is 5.41 Å². The minimum absolute atomic E-state index is 0.295. The van der Waals surface area contributed by atoms with Crippen LogP contribution in [0.25, 0.3) is 0 Å². The van der Waals surface area contributed by atoms with Crippen LogP contribution in [0.5, 0.6) is 0 Å². The van der Waals surface area contributed by atoms with Crippen molar-refractivity contribution in [2.45, 2.75) is 26.2 Å². The third-order valence-corrected chi connectivity index (χ3v) is 3.15. The number of rotatable bonds is 3. The molecular formula is C12H13FO2. The van der Waals surface area contributed by atoms with Crippen molar-refractivity contribution in [1.29, 1.82) is 0 Å². The zero-order chi connectivity index (χ0) is 11.1. The van der Waals surface area contributed by atoms with Crippen LogP contribution in [0.3, 0.4) is 0 Å². The first-order valence-electron chi connectivity index (χ1n) is 5.02. The molecule has 1 aliphatic rings. The summed E-state index contributed by atoms with van der Waals surface area (Å²) in [5.41, 5.74) is 1.16. The molecule has 0 saturated heterocycles. The monoisotopic (exact) mass is 208 g/mol. The average Bonchev–Trinajstić information content (AvgIpc) is 2.92. The number of hydrogen-bond acceptors (Lipinski definition) is 1. The van der Waals surface area contributed by atoms with Crippen LogP contribution in [0.15, 0.2) is 18.2 Å². The van der Waals surface area contributed by atoms with Gasteiger partial charge in [-0.25, -0.2) is 4.39 Å². The lowest BCUT2D eigenvalue weighted by Crippen LogP contribution is -2.18. The predicted molar refractivity (Wildman–Crippen MR) is 54.1 cm³/mol. The second kappa shape index (κ2) is 3.33. The topological polar surface area (TPSA) is 37.3 Å². The Morgan fingerprint density at radius 2 is 2.20 bits per heavy atom. The molecule has 1 aliphatic carbocycles. The maximum atomic E-state index is 13.0. The lowest BCUT2D eigenvalue weighted by atomic mass is 9.94. The van der Waals surface area contributed by atoms with E-state index in [1.165, 1.54) is 12.1 Å². The van der Waals surface area contributed by atoms with Crippen LogP contribution in [0.2, 0.25) is 0 Å². The van der Waals surface area contributed by atoms with Gasteiger partial charge >= 0.3 is 5.97 Å². The van der Waals surface area contributed by atoms with Crippen LogP contribution < -0.4 is 0 Å². The summed E-state index contributed by atoms with van der Waals surface area (Å²) in [6.07, 6.45) is 1.86. The Hall–Kier alpha value is -1.38. The molecule has 2 rings (SSSR count). The van der Waals surface area contributed by atoms with Crippen LogP contribution in [-0.4, -0.2) is 11.1 Å². The molecule has 0 unspecified atom stereocenters. The summed E-state index contributed by atoms with van der Waals surface area (Å²) in [5.74, 6) is -1.05. The second-order valence-electron chi connectivity index (χ2n) is 4.33. The first kappa shape index (κ1) is 10.1. The van der Waals surface area contributed by atoms with Gasteiger partial charge in [0.1, 0.15) is 5.82 Å². The van der Waals surface area contributed by atoms with Gasteiger partial charge in [-0.05, 0) is 49.4 Å². The van der Waals surface area contributed by atoms with Crippen LogP contribution in [0, 0.1) is 18.2 Å². The molecule has 1 aromatic carbocycles. The summed E-state index contributed by atoms with van der Waals surface area (Å²) < 4.78 is 13.0. The summed E-state index contributed by atoms with van der Waals surface area (Å²) in [5, 5.41) is 9.03. The fourth-order valence-corrected chi connectivity index (χ4v) is 1.81. The number of carbonyl (C=O) groups is 1. The van der Waals surface area contributed by atoms with E-state index < -0.39 is 11.4 Å². The number of hydrogen-bond donors (Lipinski definition) is 1. The van der Waals surface area contributed by atoms with Gasteiger partial charge in [0.2, 0.25) is 0 Å². The molecule has 0 bridgehead atoms. The standard InChI is InChI=1S/C12H13FO2/c1-8-2-3-10(13)6-9(8)7-12(4-5-12)11(14)15/h2-3,6H,4-5,7H2,1H3,(H,14,15). The largest absolute Gasteiger partial charge is 0.481 e. The Morgan fingerprint density at radius 1 is 1.53 bits per heavy atom. The molecule has 0 heterocycles. The van der Waals surface area contributed by atoms with Crippen molar-refractivity contribution in [1.82, 2.24) is 0 Å². The van der Waals surface area contributed by atoms with E-state index in [0.717, 1.165) is 11.1 Å². The number of aliphatic carboxylic acids is 1. The number of halogens is 1. The summed E-state index contributed by atoms with van der Waals surface area (Å²) in [7, 11) is 0. The molecule has 3 heteroatoms. The fourth-order valence-electron chi connectivity index (χ4n) is 1.81. The number of carboxylic acids is 1. The van der Waals surface area contributed by atoms with E-state index in [2.05, 4.69) is 0 Å². The highest BCUT2D eigenvalue weighted by molar-refractivity contribution is 5.78. The molecule has 80 valence electrons. The summed E-state index contributed by atoms with van der Waals surface area (Å²) in [6.45, 7) is 1.88. The van der Waals surface area contributed by atoms with E-state index in [4.69, 9.17) is 5.11 Å². The smallest absolute Gasteiger partial charge is 0.309 e. The Morgan fingerprint density at radius 3 is 2.73 bits per heavy atom. The summed E-state index contributed by atoms with van der Waals surface area (Å²) in [6, 6.07) is 4.54. The second-order valence-corrected chi connectivity index (χ2v) is 4.33. The van der Waals surface area contributed by atoms with E-state index in [1.54, 1.807) is 6.07 Å². The number of aryl methyl sites for hydroxylation is 1. The highest BCUT2D eigenvalue weighted by atomic mass is 19.1. The molecule has 1 N–H and O–H groups in total. The molecule has 2 nitrogen and oxygen atoms in total. The molecule has 1 aromatic rings. The van der Waals surface area contributed by atoms with Crippen molar-refractivity contribution in [2.24, 2.45) is 5.41 Å². The molecule has 0 atom stereocenters. The zero-order valence-corrected chi connectivity index (χ0v) is 8.59. The lowest BCUT2D eigenvalue weighted by Gasteiger charge is -2.11. The maximum Gasteiger partial charge on any atom is 0.309 e. The van der Waals surface area contributed by atoms with Crippen molar-refractivity contribution in [2.75, 3.05) is 0 Å². The Labute approximate surface area is 87.7 Å². The number of benzene rings is 1. The van der Waals surface area contributed by atoms with Crippen molar-refractivity contribution in [3.8, 4) is 0 Å².